The van der Waals surface area contributed by atoms with Gasteiger partial charge in [0.05, 0.1) is 14.2 Å². The Morgan fingerprint density at radius 3 is 2.77 bits per heavy atom. The summed E-state index contributed by atoms with van der Waals surface area (Å²) in [5.74, 6) is -0.568. The van der Waals surface area contributed by atoms with Crippen molar-refractivity contribution in [1.29, 1.82) is 0 Å². The largest absolute Gasteiger partial charge is 0.481 e. The molecule has 13 heavy (non-hydrogen) atoms. The first-order valence-electron chi connectivity index (χ1n) is 3.41. The summed E-state index contributed by atoms with van der Waals surface area (Å²) in [6.45, 7) is 0. The molecule has 1 aromatic rings. The predicted molar refractivity (Wildman–Crippen MR) is 42.7 cm³/mol. The zero-order chi connectivity index (χ0) is 9.84. The molecule has 1 N–H and O–H groups in total. The highest BCUT2D eigenvalue weighted by atomic mass is 16.5. The molecule has 0 radical (unpaired) electrons. The smallest absolute Gasteiger partial charge is 0.354 e. The average molecular weight is 184 g/mol. The molecule has 0 bridgehead atoms. The second-order valence-corrected chi connectivity index (χ2v) is 2.13. The lowest BCUT2D eigenvalue weighted by molar-refractivity contribution is 0.0593. The number of esters is 1. The van der Waals surface area contributed by atoms with E-state index in [2.05, 4.69) is 14.7 Å². The number of rotatable bonds is 2. The maximum atomic E-state index is 11.0. The standard InChI is InChI=1S/C7H8N2O4/c1-12-5-3-4(6(10)13-2)8-7(11)9-5/h3H,1-2H3,(H,8,9,11). The summed E-state index contributed by atoms with van der Waals surface area (Å²) in [6.07, 6.45) is 0. The molecule has 0 saturated carbocycles. The van der Waals surface area contributed by atoms with Gasteiger partial charge in [0, 0.05) is 6.07 Å². The first-order valence-corrected chi connectivity index (χ1v) is 3.41. The summed E-state index contributed by atoms with van der Waals surface area (Å²) in [4.78, 5) is 27.4. The van der Waals surface area contributed by atoms with Crippen molar-refractivity contribution in [1.82, 2.24) is 9.97 Å². The summed E-state index contributed by atoms with van der Waals surface area (Å²) in [5.41, 5.74) is -0.640. The Kier molecular flexibility index (Phi) is 2.63. The minimum Gasteiger partial charge on any atom is -0.481 e. The highest BCUT2D eigenvalue weighted by molar-refractivity contribution is 5.87. The average Bonchev–Trinajstić information content (AvgIpc) is 2.15. The Hall–Kier alpha value is -1.85. The molecule has 0 unspecified atom stereocenters. The van der Waals surface area contributed by atoms with Gasteiger partial charge < -0.3 is 9.47 Å². The van der Waals surface area contributed by atoms with Crippen molar-refractivity contribution in [3.8, 4) is 5.88 Å². The van der Waals surface area contributed by atoms with E-state index in [1.165, 1.54) is 20.3 Å². The maximum Gasteiger partial charge on any atom is 0.354 e. The normalized spacial score (nSPS) is 9.38. The minimum atomic E-state index is -0.653. The summed E-state index contributed by atoms with van der Waals surface area (Å²) < 4.78 is 9.09. The SMILES string of the molecule is COC(=O)c1cc(OC)nc(=O)[nH]1. The molecule has 0 saturated heterocycles. The fourth-order valence-electron chi connectivity index (χ4n) is 0.760. The molecule has 70 valence electrons. The van der Waals surface area contributed by atoms with E-state index in [0.29, 0.717) is 0 Å². The second kappa shape index (κ2) is 3.70. The lowest BCUT2D eigenvalue weighted by Gasteiger charge is -2.00. The third kappa shape index (κ3) is 2.05. The summed E-state index contributed by atoms with van der Waals surface area (Å²) in [5, 5.41) is 0. The van der Waals surface area contributed by atoms with Crippen LogP contribution in [0.5, 0.6) is 5.88 Å². The molecular weight excluding hydrogens is 176 g/mol. The van der Waals surface area contributed by atoms with E-state index in [1.807, 2.05) is 0 Å². The lowest BCUT2D eigenvalue weighted by Crippen LogP contribution is -2.17. The van der Waals surface area contributed by atoms with Gasteiger partial charge in [0.25, 0.3) is 0 Å². The van der Waals surface area contributed by atoms with E-state index >= 15 is 0 Å². The van der Waals surface area contributed by atoms with Crippen molar-refractivity contribution in [3.05, 3.63) is 22.2 Å². The van der Waals surface area contributed by atoms with Gasteiger partial charge in [-0.1, -0.05) is 0 Å². The number of nitrogens with one attached hydrogen (secondary N) is 1. The molecule has 0 aromatic carbocycles. The van der Waals surface area contributed by atoms with E-state index in [0.717, 1.165) is 0 Å². The fraction of sp³-hybridized carbons (Fsp3) is 0.286. The molecule has 1 aromatic heterocycles. The van der Waals surface area contributed by atoms with Crippen molar-refractivity contribution < 1.29 is 14.3 Å². The number of H-pyrrole nitrogens is 1. The van der Waals surface area contributed by atoms with Gasteiger partial charge in [-0.2, -0.15) is 4.98 Å². The third-order valence-electron chi connectivity index (χ3n) is 1.34. The Balaban J connectivity index is 3.16. The van der Waals surface area contributed by atoms with E-state index in [1.54, 1.807) is 0 Å². The zero-order valence-corrected chi connectivity index (χ0v) is 7.16. The molecule has 0 aliphatic rings. The van der Waals surface area contributed by atoms with Crippen molar-refractivity contribution >= 4 is 5.97 Å². The van der Waals surface area contributed by atoms with Crippen LogP contribution in [0.2, 0.25) is 0 Å². The van der Waals surface area contributed by atoms with Crippen LogP contribution in [0.25, 0.3) is 0 Å². The molecule has 0 aliphatic heterocycles. The molecule has 0 spiro atoms. The highest BCUT2D eigenvalue weighted by Crippen LogP contribution is 2.03. The van der Waals surface area contributed by atoms with Crippen LogP contribution >= 0.6 is 0 Å². The first kappa shape index (κ1) is 9.24. The quantitative estimate of drug-likeness (QED) is 0.630. The third-order valence-corrected chi connectivity index (χ3v) is 1.34. The lowest BCUT2D eigenvalue weighted by atomic mass is 10.4. The van der Waals surface area contributed by atoms with Gasteiger partial charge in [0.15, 0.2) is 0 Å². The fourth-order valence-corrected chi connectivity index (χ4v) is 0.760. The predicted octanol–water partition coefficient (Wildman–Crippen LogP) is -0.435. The number of aromatic nitrogens is 2. The molecule has 0 amide bonds. The number of nitrogens with zero attached hydrogens (tertiary/aromatic N) is 1. The molecule has 1 heterocycles. The van der Waals surface area contributed by atoms with E-state index < -0.39 is 11.7 Å². The zero-order valence-electron chi connectivity index (χ0n) is 7.16. The summed E-state index contributed by atoms with van der Waals surface area (Å²) in [7, 11) is 2.57. The minimum absolute atomic E-state index is 0.0133. The molecule has 0 fully saturated rings. The van der Waals surface area contributed by atoms with Crippen LogP contribution in [0.15, 0.2) is 10.9 Å². The molecular formula is C7H8N2O4. The van der Waals surface area contributed by atoms with Crippen LogP contribution < -0.4 is 10.4 Å². The summed E-state index contributed by atoms with van der Waals surface area (Å²) in [6, 6.07) is 1.28. The molecule has 1 rings (SSSR count). The maximum absolute atomic E-state index is 11.0. The van der Waals surface area contributed by atoms with Crippen LogP contribution in [0, 0.1) is 0 Å². The van der Waals surface area contributed by atoms with E-state index in [4.69, 9.17) is 4.74 Å². The first-order chi connectivity index (χ1) is 6.17. The van der Waals surface area contributed by atoms with Crippen molar-refractivity contribution in [2.45, 2.75) is 0 Å². The van der Waals surface area contributed by atoms with Gasteiger partial charge in [-0.3, -0.25) is 4.98 Å². The van der Waals surface area contributed by atoms with Gasteiger partial charge in [0.1, 0.15) is 5.69 Å². The van der Waals surface area contributed by atoms with Crippen LogP contribution in [0.1, 0.15) is 10.5 Å². The Morgan fingerprint density at radius 2 is 2.23 bits per heavy atom. The van der Waals surface area contributed by atoms with Gasteiger partial charge >= 0.3 is 11.7 Å². The molecule has 0 aliphatic carbocycles. The van der Waals surface area contributed by atoms with Gasteiger partial charge in [-0.25, -0.2) is 9.59 Å². The Bertz CT molecular complexity index is 371. The van der Waals surface area contributed by atoms with Gasteiger partial charge in [-0.05, 0) is 0 Å². The number of aromatic amines is 1. The highest BCUT2D eigenvalue weighted by Gasteiger charge is 2.08. The Morgan fingerprint density at radius 1 is 1.54 bits per heavy atom. The summed E-state index contributed by atoms with van der Waals surface area (Å²) >= 11 is 0. The van der Waals surface area contributed by atoms with Gasteiger partial charge in [-0.15, -0.1) is 0 Å². The molecule has 6 nitrogen and oxygen atoms in total. The van der Waals surface area contributed by atoms with Crippen molar-refractivity contribution in [3.63, 3.8) is 0 Å². The van der Waals surface area contributed by atoms with Crippen molar-refractivity contribution in [2.75, 3.05) is 14.2 Å². The van der Waals surface area contributed by atoms with Crippen molar-refractivity contribution in [2.24, 2.45) is 0 Å². The van der Waals surface area contributed by atoms with E-state index in [-0.39, 0.29) is 11.6 Å². The second-order valence-electron chi connectivity index (χ2n) is 2.13. The number of hydrogen-bond acceptors (Lipinski definition) is 5. The van der Waals surface area contributed by atoms with Crippen LogP contribution in [-0.2, 0) is 4.74 Å². The van der Waals surface area contributed by atoms with Crippen LogP contribution in [-0.4, -0.2) is 30.2 Å². The Labute approximate surface area is 73.5 Å². The monoisotopic (exact) mass is 184 g/mol. The van der Waals surface area contributed by atoms with E-state index in [9.17, 15) is 9.59 Å². The van der Waals surface area contributed by atoms with Crippen LogP contribution in [0.4, 0.5) is 0 Å². The van der Waals surface area contributed by atoms with Crippen LogP contribution in [0.3, 0.4) is 0 Å². The number of carbonyl (C=O) groups is 1. The van der Waals surface area contributed by atoms with Gasteiger partial charge in [0.2, 0.25) is 5.88 Å². The number of carbonyl (C=O) groups excluding carboxylic acids is 1. The topological polar surface area (TPSA) is 81.3 Å². The number of methoxy groups -OCH3 is 2. The molecule has 0 atom stereocenters. The molecule has 6 heteroatoms. The number of hydrogen-bond donors (Lipinski definition) is 1. The number of ether oxygens (including phenoxy) is 2.